The molecule has 1 aliphatic rings. The Morgan fingerprint density at radius 1 is 1.22 bits per heavy atom. The van der Waals surface area contributed by atoms with Crippen LogP contribution in [0.2, 0.25) is 0 Å². The zero-order chi connectivity index (χ0) is 12.8. The van der Waals surface area contributed by atoms with E-state index < -0.39 is 0 Å². The van der Waals surface area contributed by atoms with Crippen molar-refractivity contribution < 1.29 is 4.74 Å². The van der Waals surface area contributed by atoms with E-state index in [9.17, 15) is 0 Å². The standard InChI is InChI=1S/C16H25NO/c1-13(10-17)16-8-6-15(7-9-16)12-18-11-14-4-2-3-5-14/h6-9,13-14H,2-5,10-12,17H2,1H3. The number of rotatable bonds is 6. The van der Waals surface area contributed by atoms with Crippen molar-refractivity contribution in [2.75, 3.05) is 13.2 Å². The van der Waals surface area contributed by atoms with E-state index in [0.29, 0.717) is 12.5 Å². The normalized spacial score (nSPS) is 18.1. The molecule has 1 atom stereocenters. The van der Waals surface area contributed by atoms with Crippen molar-refractivity contribution in [1.82, 2.24) is 0 Å². The molecule has 0 bridgehead atoms. The first-order chi connectivity index (χ1) is 8.79. The monoisotopic (exact) mass is 247 g/mol. The molecule has 1 aromatic rings. The Balaban J connectivity index is 1.75. The number of benzene rings is 1. The van der Waals surface area contributed by atoms with Gasteiger partial charge in [0.15, 0.2) is 0 Å². The molecule has 0 spiro atoms. The minimum atomic E-state index is 0.443. The Morgan fingerprint density at radius 3 is 2.50 bits per heavy atom. The molecule has 1 fully saturated rings. The van der Waals surface area contributed by atoms with E-state index in [1.165, 1.54) is 36.8 Å². The summed E-state index contributed by atoms with van der Waals surface area (Å²) in [4.78, 5) is 0. The van der Waals surface area contributed by atoms with Crippen molar-refractivity contribution in [3.8, 4) is 0 Å². The average molecular weight is 247 g/mol. The summed E-state index contributed by atoms with van der Waals surface area (Å²) in [5.74, 6) is 1.25. The summed E-state index contributed by atoms with van der Waals surface area (Å²) >= 11 is 0. The molecule has 0 aromatic heterocycles. The van der Waals surface area contributed by atoms with E-state index in [1.54, 1.807) is 0 Å². The highest BCUT2D eigenvalue weighted by molar-refractivity contribution is 5.24. The molecule has 0 aliphatic heterocycles. The molecule has 0 heterocycles. The van der Waals surface area contributed by atoms with Crippen molar-refractivity contribution in [1.29, 1.82) is 0 Å². The first kappa shape index (κ1) is 13.6. The SMILES string of the molecule is CC(CN)c1ccc(COCC2CCCC2)cc1. The fourth-order valence-electron chi connectivity index (χ4n) is 2.60. The lowest BCUT2D eigenvalue weighted by Crippen LogP contribution is -2.09. The van der Waals surface area contributed by atoms with Gasteiger partial charge in [-0.1, -0.05) is 44.0 Å². The number of hydrogen-bond donors (Lipinski definition) is 1. The second kappa shape index (κ2) is 6.91. The highest BCUT2D eigenvalue weighted by Crippen LogP contribution is 2.25. The zero-order valence-corrected chi connectivity index (χ0v) is 11.4. The molecule has 100 valence electrons. The van der Waals surface area contributed by atoms with Crippen LogP contribution in [0.4, 0.5) is 0 Å². The fourth-order valence-corrected chi connectivity index (χ4v) is 2.60. The van der Waals surface area contributed by atoms with Gasteiger partial charge in [-0.15, -0.1) is 0 Å². The molecule has 1 saturated carbocycles. The van der Waals surface area contributed by atoms with Gasteiger partial charge >= 0.3 is 0 Å². The molecule has 0 radical (unpaired) electrons. The van der Waals surface area contributed by atoms with Gasteiger partial charge in [0.1, 0.15) is 0 Å². The molecule has 0 amide bonds. The first-order valence-corrected chi connectivity index (χ1v) is 7.16. The summed E-state index contributed by atoms with van der Waals surface area (Å²) in [6.07, 6.45) is 5.49. The van der Waals surface area contributed by atoms with Crippen LogP contribution in [-0.4, -0.2) is 13.2 Å². The predicted molar refractivity (Wildman–Crippen MR) is 75.5 cm³/mol. The number of hydrogen-bond acceptors (Lipinski definition) is 2. The topological polar surface area (TPSA) is 35.2 Å². The highest BCUT2D eigenvalue weighted by Gasteiger charge is 2.14. The van der Waals surface area contributed by atoms with E-state index in [1.807, 2.05) is 0 Å². The Hall–Kier alpha value is -0.860. The summed E-state index contributed by atoms with van der Waals surface area (Å²) in [7, 11) is 0. The summed E-state index contributed by atoms with van der Waals surface area (Å²) in [5.41, 5.74) is 8.25. The van der Waals surface area contributed by atoms with Gasteiger partial charge in [-0.3, -0.25) is 0 Å². The van der Waals surface area contributed by atoms with Crippen LogP contribution >= 0.6 is 0 Å². The third-order valence-corrected chi connectivity index (χ3v) is 4.00. The molecule has 2 nitrogen and oxygen atoms in total. The summed E-state index contributed by atoms with van der Waals surface area (Å²) in [6, 6.07) is 8.67. The number of ether oxygens (including phenoxy) is 1. The molecule has 2 N–H and O–H groups in total. The van der Waals surface area contributed by atoms with Gasteiger partial charge in [0.25, 0.3) is 0 Å². The second-order valence-corrected chi connectivity index (χ2v) is 5.54. The Morgan fingerprint density at radius 2 is 1.89 bits per heavy atom. The second-order valence-electron chi connectivity index (χ2n) is 5.54. The molecule has 1 unspecified atom stereocenters. The Kier molecular flexibility index (Phi) is 5.21. The third-order valence-electron chi connectivity index (χ3n) is 4.00. The maximum absolute atomic E-state index is 5.81. The van der Waals surface area contributed by atoms with Crippen LogP contribution in [0, 0.1) is 5.92 Å². The van der Waals surface area contributed by atoms with Crippen LogP contribution in [-0.2, 0) is 11.3 Å². The van der Waals surface area contributed by atoms with E-state index in [4.69, 9.17) is 10.5 Å². The van der Waals surface area contributed by atoms with Crippen LogP contribution in [0.5, 0.6) is 0 Å². The minimum absolute atomic E-state index is 0.443. The third kappa shape index (κ3) is 3.82. The van der Waals surface area contributed by atoms with Crippen LogP contribution in [0.15, 0.2) is 24.3 Å². The molecular formula is C16H25NO. The zero-order valence-electron chi connectivity index (χ0n) is 11.4. The van der Waals surface area contributed by atoms with Gasteiger partial charge in [0.2, 0.25) is 0 Å². The predicted octanol–water partition coefficient (Wildman–Crippen LogP) is 3.46. The lowest BCUT2D eigenvalue weighted by Gasteiger charge is -2.12. The highest BCUT2D eigenvalue weighted by atomic mass is 16.5. The van der Waals surface area contributed by atoms with E-state index in [-0.39, 0.29) is 0 Å². The van der Waals surface area contributed by atoms with Crippen LogP contribution in [0.1, 0.15) is 49.7 Å². The summed E-state index contributed by atoms with van der Waals surface area (Å²) in [6.45, 7) is 4.54. The first-order valence-electron chi connectivity index (χ1n) is 7.16. The largest absolute Gasteiger partial charge is 0.376 e. The van der Waals surface area contributed by atoms with Gasteiger partial charge in [-0.2, -0.15) is 0 Å². The van der Waals surface area contributed by atoms with Crippen molar-refractivity contribution in [2.24, 2.45) is 11.7 Å². The average Bonchev–Trinajstić information content (AvgIpc) is 2.92. The van der Waals surface area contributed by atoms with Crippen molar-refractivity contribution in [3.63, 3.8) is 0 Å². The van der Waals surface area contributed by atoms with Crippen LogP contribution in [0.3, 0.4) is 0 Å². The molecule has 2 heteroatoms. The maximum Gasteiger partial charge on any atom is 0.0717 e. The fraction of sp³-hybridized carbons (Fsp3) is 0.625. The van der Waals surface area contributed by atoms with Crippen molar-refractivity contribution in [3.05, 3.63) is 35.4 Å². The Bertz CT molecular complexity index is 341. The quantitative estimate of drug-likeness (QED) is 0.835. The summed E-state index contributed by atoms with van der Waals surface area (Å²) < 4.78 is 5.81. The van der Waals surface area contributed by atoms with E-state index >= 15 is 0 Å². The molecule has 2 rings (SSSR count). The molecule has 18 heavy (non-hydrogen) atoms. The van der Waals surface area contributed by atoms with Crippen molar-refractivity contribution in [2.45, 2.75) is 45.1 Å². The van der Waals surface area contributed by atoms with Gasteiger partial charge in [-0.25, -0.2) is 0 Å². The van der Waals surface area contributed by atoms with E-state index in [2.05, 4.69) is 31.2 Å². The maximum atomic E-state index is 5.81. The lowest BCUT2D eigenvalue weighted by molar-refractivity contribution is 0.0889. The van der Waals surface area contributed by atoms with Crippen LogP contribution in [0.25, 0.3) is 0 Å². The number of nitrogens with two attached hydrogens (primary N) is 1. The smallest absolute Gasteiger partial charge is 0.0717 e. The molecule has 1 aliphatic carbocycles. The molecule has 1 aromatic carbocycles. The van der Waals surface area contributed by atoms with Crippen molar-refractivity contribution >= 4 is 0 Å². The molecule has 0 saturated heterocycles. The van der Waals surface area contributed by atoms with Gasteiger partial charge < -0.3 is 10.5 Å². The Labute approximate surface area is 111 Å². The molecular weight excluding hydrogens is 222 g/mol. The lowest BCUT2D eigenvalue weighted by atomic mass is 10.0. The minimum Gasteiger partial charge on any atom is -0.376 e. The van der Waals surface area contributed by atoms with Crippen LogP contribution < -0.4 is 5.73 Å². The van der Waals surface area contributed by atoms with Gasteiger partial charge in [0, 0.05) is 6.61 Å². The summed E-state index contributed by atoms with van der Waals surface area (Å²) in [5, 5.41) is 0. The van der Waals surface area contributed by atoms with Gasteiger partial charge in [0.05, 0.1) is 6.61 Å². The van der Waals surface area contributed by atoms with Gasteiger partial charge in [-0.05, 0) is 42.3 Å². The van der Waals surface area contributed by atoms with E-state index in [0.717, 1.165) is 19.1 Å².